The molecule has 0 aromatic carbocycles. The van der Waals surface area contributed by atoms with E-state index in [9.17, 15) is 0 Å². The number of hydrogen-bond donors (Lipinski definition) is 2. The summed E-state index contributed by atoms with van der Waals surface area (Å²) in [7, 11) is 0. The first-order valence-corrected chi connectivity index (χ1v) is 8.02. The maximum absolute atomic E-state index is 4.55. The number of thiophene rings is 1. The fraction of sp³-hybridized carbons (Fsp3) is 0.467. The Morgan fingerprint density at radius 2 is 2.05 bits per heavy atom. The van der Waals surface area contributed by atoms with E-state index in [4.69, 9.17) is 0 Å². The lowest BCUT2D eigenvalue weighted by atomic mass is 10.2. The Morgan fingerprint density at radius 3 is 2.70 bits per heavy atom. The Morgan fingerprint density at radius 1 is 1.25 bits per heavy atom. The third kappa shape index (κ3) is 3.93. The lowest BCUT2D eigenvalue weighted by molar-refractivity contribution is 0.869. The molecular formula is C15H22N4S. The number of nitrogens with zero attached hydrogens (tertiary/aromatic N) is 2. The van der Waals surface area contributed by atoms with Crippen LogP contribution in [0, 0.1) is 0 Å². The average Bonchev–Trinajstić information content (AvgIpc) is 2.99. The summed E-state index contributed by atoms with van der Waals surface area (Å²) in [6.45, 7) is 7.30. The van der Waals surface area contributed by atoms with E-state index < -0.39 is 0 Å². The molecule has 0 aliphatic rings. The minimum atomic E-state index is 0.258. The molecule has 20 heavy (non-hydrogen) atoms. The van der Waals surface area contributed by atoms with E-state index in [0.29, 0.717) is 0 Å². The van der Waals surface area contributed by atoms with Crippen molar-refractivity contribution in [3.63, 3.8) is 0 Å². The Bertz CT molecular complexity index is 525. The first kappa shape index (κ1) is 14.8. The monoisotopic (exact) mass is 290 g/mol. The topological polar surface area (TPSA) is 49.8 Å². The molecule has 5 heteroatoms. The molecule has 0 aliphatic carbocycles. The van der Waals surface area contributed by atoms with Crippen LogP contribution in [0.1, 0.15) is 43.9 Å². The molecule has 0 fully saturated rings. The number of hydrogen-bond acceptors (Lipinski definition) is 5. The van der Waals surface area contributed by atoms with Gasteiger partial charge in [-0.25, -0.2) is 9.97 Å². The third-order valence-corrected chi connectivity index (χ3v) is 4.03. The van der Waals surface area contributed by atoms with Crippen LogP contribution >= 0.6 is 11.3 Å². The second kappa shape index (κ2) is 7.24. The maximum Gasteiger partial charge on any atom is 0.132 e. The molecule has 0 aliphatic heterocycles. The number of nitrogens with one attached hydrogen (secondary N) is 2. The summed E-state index contributed by atoms with van der Waals surface area (Å²) in [4.78, 5) is 10.4. The summed E-state index contributed by atoms with van der Waals surface area (Å²) in [5.74, 6) is 2.66. The Kier molecular flexibility index (Phi) is 5.35. The van der Waals surface area contributed by atoms with E-state index in [1.807, 2.05) is 6.07 Å². The van der Waals surface area contributed by atoms with Crippen LogP contribution in [0.4, 0.5) is 11.6 Å². The standard InChI is InChI=1S/C15H22N4S/c1-4-8-16-14-10-15(19-13(5-2)18-14)17-11(3)12-7-6-9-20-12/h6-7,9-11H,4-5,8H2,1-3H3,(H2,16,17,18,19). The van der Waals surface area contributed by atoms with Gasteiger partial charge in [0.25, 0.3) is 0 Å². The second-order valence-electron chi connectivity index (χ2n) is 4.72. The van der Waals surface area contributed by atoms with Crippen molar-refractivity contribution in [2.75, 3.05) is 17.2 Å². The van der Waals surface area contributed by atoms with Crippen LogP contribution in [0.5, 0.6) is 0 Å². The quantitative estimate of drug-likeness (QED) is 0.806. The van der Waals surface area contributed by atoms with Gasteiger partial charge < -0.3 is 10.6 Å². The number of aryl methyl sites for hydroxylation is 1. The van der Waals surface area contributed by atoms with Gasteiger partial charge in [-0.15, -0.1) is 11.3 Å². The summed E-state index contributed by atoms with van der Waals surface area (Å²) < 4.78 is 0. The molecule has 108 valence electrons. The summed E-state index contributed by atoms with van der Waals surface area (Å²) in [6, 6.07) is 6.46. The largest absolute Gasteiger partial charge is 0.370 e. The van der Waals surface area contributed by atoms with Gasteiger partial charge in [0.15, 0.2) is 0 Å². The third-order valence-electron chi connectivity index (χ3n) is 2.98. The lowest BCUT2D eigenvalue weighted by Gasteiger charge is -2.15. The highest BCUT2D eigenvalue weighted by Gasteiger charge is 2.09. The van der Waals surface area contributed by atoms with Crippen LogP contribution < -0.4 is 10.6 Å². The molecule has 2 N–H and O–H groups in total. The van der Waals surface area contributed by atoms with Crippen molar-refractivity contribution in [1.29, 1.82) is 0 Å². The normalized spacial score (nSPS) is 12.2. The molecule has 0 spiro atoms. The zero-order chi connectivity index (χ0) is 14.4. The van der Waals surface area contributed by atoms with Crippen LogP contribution in [0.3, 0.4) is 0 Å². The van der Waals surface area contributed by atoms with Crippen molar-refractivity contribution in [3.8, 4) is 0 Å². The van der Waals surface area contributed by atoms with Crippen molar-refractivity contribution >= 4 is 23.0 Å². The maximum atomic E-state index is 4.55. The minimum Gasteiger partial charge on any atom is -0.370 e. The summed E-state index contributed by atoms with van der Waals surface area (Å²) in [5.41, 5.74) is 0. The van der Waals surface area contributed by atoms with Crippen LogP contribution in [-0.2, 0) is 6.42 Å². The van der Waals surface area contributed by atoms with E-state index in [0.717, 1.165) is 36.8 Å². The average molecular weight is 290 g/mol. The number of rotatable bonds is 7. The summed E-state index contributed by atoms with van der Waals surface area (Å²) in [5, 5.41) is 8.88. The van der Waals surface area contributed by atoms with Gasteiger partial charge in [0.2, 0.25) is 0 Å². The van der Waals surface area contributed by atoms with Crippen molar-refractivity contribution in [2.45, 2.75) is 39.7 Å². The van der Waals surface area contributed by atoms with E-state index in [2.05, 4.69) is 58.9 Å². The molecule has 0 bridgehead atoms. The van der Waals surface area contributed by atoms with Gasteiger partial charge in [-0.3, -0.25) is 0 Å². The van der Waals surface area contributed by atoms with Crippen LogP contribution in [0.15, 0.2) is 23.6 Å². The van der Waals surface area contributed by atoms with E-state index in [1.165, 1.54) is 4.88 Å². The molecule has 0 saturated heterocycles. The molecule has 1 unspecified atom stereocenters. The lowest BCUT2D eigenvalue weighted by Crippen LogP contribution is -2.10. The summed E-state index contributed by atoms with van der Waals surface area (Å²) in [6.07, 6.45) is 1.92. The number of anilines is 2. The van der Waals surface area contributed by atoms with Gasteiger partial charge in [0.1, 0.15) is 17.5 Å². The van der Waals surface area contributed by atoms with Crippen molar-refractivity contribution < 1.29 is 0 Å². The molecule has 1 atom stereocenters. The molecule has 2 heterocycles. The van der Waals surface area contributed by atoms with Crippen LogP contribution in [-0.4, -0.2) is 16.5 Å². The second-order valence-corrected chi connectivity index (χ2v) is 5.70. The van der Waals surface area contributed by atoms with Gasteiger partial charge in [-0.1, -0.05) is 19.9 Å². The first-order valence-electron chi connectivity index (χ1n) is 7.14. The van der Waals surface area contributed by atoms with Gasteiger partial charge in [0, 0.05) is 23.9 Å². The zero-order valence-electron chi connectivity index (χ0n) is 12.3. The molecule has 2 rings (SSSR count). The van der Waals surface area contributed by atoms with Gasteiger partial charge in [0.05, 0.1) is 6.04 Å². The Balaban J connectivity index is 2.13. The highest BCUT2D eigenvalue weighted by Crippen LogP contribution is 2.23. The Labute approximate surface area is 124 Å². The highest BCUT2D eigenvalue weighted by atomic mass is 32.1. The molecule has 0 radical (unpaired) electrons. The summed E-state index contributed by atoms with van der Waals surface area (Å²) >= 11 is 1.76. The van der Waals surface area contributed by atoms with Crippen LogP contribution in [0.2, 0.25) is 0 Å². The van der Waals surface area contributed by atoms with Gasteiger partial charge in [-0.05, 0) is 24.8 Å². The predicted octanol–water partition coefficient (Wildman–Crippen LogP) is 4.10. The van der Waals surface area contributed by atoms with Crippen molar-refractivity contribution in [3.05, 3.63) is 34.3 Å². The van der Waals surface area contributed by atoms with E-state index in [1.54, 1.807) is 11.3 Å². The zero-order valence-corrected chi connectivity index (χ0v) is 13.1. The van der Waals surface area contributed by atoms with E-state index >= 15 is 0 Å². The molecule has 2 aromatic heterocycles. The fourth-order valence-electron chi connectivity index (χ4n) is 1.90. The molecular weight excluding hydrogens is 268 g/mol. The van der Waals surface area contributed by atoms with Crippen molar-refractivity contribution in [1.82, 2.24) is 9.97 Å². The van der Waals surface area contributed by atoms with Crippen molar-refractivity contribution in [2.24, 2.45) is 0 Å². The fourth-order valence-corrected chi connectivity index (χ4v) is 2.64. The van der Waals surface area contributed by atoms with E-state index in [-0.39, 0.29) is 6.04 Å². The molecule has 4 nitrogen and oxygen atoms in total. The minimum absolute atomic E-state index is 0.258. The highest BCUT2D eigenvalue weighted by molar-refractivity contribution is 7.10. The smallest absolute Gasteiger partial charge is 0.132 e. The van der Waals surface area contributed by atoms with Gasteiger partial charge in [-0.2, -0.15) is 0 Å². The molecule has 2 aromatic rings. The molecule has 0 amide bonds. The number of aromatic nitrogens is 2. The van der Waals surface area contributed by atoms with Crippen LogP contribution in [0.25, 0.3) is 0 Å². The molecule has 0 saturated carbocycles. The Hall–Kier alpha value is -1.62. The predicted molar refractivity (Wildman–Crippen MR) is 86.5 cm³/mol. The SMILES string of the molecule is CCCNc1cc(NC(C)c2cccs2)nc(CC)n1. The first-order chi connectivity index (χ1) is 9.72. The van der Waals surface area contributed by atoms with Gasteiger partial charge >= 0.3 is 0 Å².